The van der Waals surface area contributed by atoms with Gasteiger partial charge in [0.05, 0.1) is 26.4 Å². The standard InChI is InChI=1S/C82H160O17P2/c1-7-9-11-13-15-17-19-21-22-23-24-25-28-33-37-41-49-55-61-67-82(87)98-77(70-92-79(84)64-58-52-46-39-35-32-29-26-27-31-34-38-44-50-56-62-74(3)4)72-96-100(88,89)94-68-76(83)69-95-101(90,91)97-73-78(71-93-80(85)65-59-53-47-43-42-45-51-57-63-75(5)6)99-81(86)66-60-54-48-40-36-30-20-18-16-14-12-10-8-2/h74-78,83H,7-73H2,1-6H3,(H,88,89)(H,90,91)/t76-,77-,78-/m1/s1. The predicted molar refractivity (Wildman–Crippen MR) is 414 cm³/mol. The Kier molecular flexibility index (Phi) is 72.2. The van der Waals surface area contributed by atoms with Crippen LogP contribution in [0.25, 0.3) is 0 Å². The van der Waals surface area contributed by atoms with Gasteiger partial charge < -0.3 is 33.8 Å². The van der Waals surface area contributed by atoms with E-state index in [2.05, 4.69) is 41.5 Å². The molecule has 17 nitrogen and oxygen atoms in total. The topological polar surface area (TPSA) is 237 Å². The van der Waals surface area contributed by atoms with E-state index in [4.69, 9.17) is 37.0 Å². The molecule has 0 aliphatic heterocycles. The first-order valence-electron chi connectivity index (χ1n) is 42.5. The van der Waals surface area contributed by atoms with E-state index >= 15 is 0 Å². The highest BCUT2D eigenvalue weighted by molar-refractivity contribution is 7.47. The molecule has 5 atom stereocenters. The highest BCUT2D eigenvalue weighted by Gasteiger charge is 2.30. The van der Waals surface area contributed by atoms with Crippen LogP contribution in [0.15, 0.2) is 0 Å². The quantitative estimate of drug-likeness (QED) is 0.0222. The Bertz CT molecular complexity index is 1940. The first-order chi connectivity index (χ1) is 48.9. The van der Waals surface area contributed by atoms with Gasteiger partial charge in [-0.1, -0.05) is 382 Å². The summed E-state index contributed by atoms with van der Waals surface area (Å²) in [5.74, 6) is -0.574. The Morgan fingerprint density at radius 1 is 0.267 bits per heavy atom. The summed E-state index contributed by atoms with van der Waals surface area (Å²) < 4.78 is 68.8. The van der Waals surface area contributed by atoms with Crippen molar-refractivity contribution in [3.63, 3.8) is 0 Å². The van der Waals surface area contributed by atoms with Gasteiger partial charge in [-0.15, -0.1) is 0 Å². The maximum absolute atomic E-state index is 13.1. The third kappa shape index (κ3) is 76.1. The predicted octanol–water partition coefficient (Wildman–Crippen LogP) is 24.7. The zero-order valence-corrected chi connectivity index (χ0v) is 68.0. The summed E-state index contributed by atoms with van der Waals surface area (Å²) in [4.78, 5) is 73.1. The molecule has 0 radical (unpaired) electrons. The van der Waals surface area contributed by atoms with Crippen molar-refractivity contribution in [1.82, 2.24) is 0 Å². The average molecular weight is 1480 g/mol. The molecule has 3 N–H and O–H groups in total. The molecule has 0 aromatic carbocycles. The zero-order valence-electron chi connectivity index (χ0n) is 66.2. The lowest BCUT2D eigenvalue weighted by molar-refractivity contribution is -0.161. The Morgan fingerprint density at radius 3 is 0.673 bits per heavy atom. The number of carbonyl (C=O) groups excluding carboxylic acids is 4. The molecule has 2 unspecified atom stereocenters. The molecular formula is C82H160O17P2. The van der Waals surface area contributed by atoms with E-state index in [0.29, 0.717) is 25.7 Å². The fourth-order valence-corrected chi connectivity index (χ4v) is 14.3. The van der Waals surface area contributed by atoms with E-state index in [-0.39, 0.29) is 25.7 Å². The third-order valence-corrected chi connectivity index (χ3v) is 21.1. The molecular weight excluding hydrogens is 1320 g/mol. The highest BCUT2D eigenvalue weighted by Crippen LogP contribution is 2.45. The van der Waals surface area contributed by atoms with Crippen LogP contribution in [0.3, 0.4) is 0 Å². The van der Waals surface area contributed by atoms with E-state index in [1.54, 1.807) is 0 Å². The van der Waals surface area contributed by atoms with Crippen LogP contribution >= 0.6 is 15.6 Å². The molecule has 0 amide bonds. The van der Waals surface area contributed by atoms with Crippen LogP contribution in [0.4, 0.5) is 0 Å². The molecule has 0 aromatic heterocycles. The molecule has 0 aliphatic carbocycles. The lowest BCUT2D eigenvalue weighted by atomic mass is 10.0. The van der Waals surface area contributed by atoms with Gasteiger partial charge in [0.15, 0.2) is 12.2 Å². The first-order valence-corrected chi connectivity index (χ1v) is 45.5. The molecule has 0 fully saturated rings. The summed E-state index contributed by atoms with van der Waals surface area (Å²) in [5, 5.41) is 10.6. The lowest BCUT2D eigenvalue weighted by Crippen LogP contribution is -2.30. The lowest BCUT2D eigenvalue weighted by Gasteiger charge is -2.21. The molecule has 0 saturated carbocycles. The van der Waals surface area contributed by atoms with Gasteiger partial charge in [-0.3, -0.25) is 37.3 Å². The number of aliphatic hydroxyl groups excluding tert-OH is 1. The molecule has 19 heteroatoms. The number of rotatable bonds is 81. The van der Waals surface area contributed by atoms with Gasteiger partial charge in [0.25, 0.3) is 0 Å². The molecule has 101 heavy (non-hydrogen) atoms. The van der Waals surface area contributed by atoms with E-state index < -0.39 is 97.5 Å². The van der Waals surface area contributed by atoms with E-state index in [1.165, 1.54) is 250 Å². The first kappa shape index (κ1) is 99.1. The fraction of sp³-hybridized carbons (Fsp3) is 0.951. The summed E-state index contributed by atoms with van der Waals surface area (Å²) in [6.45, 7) is 9.64. The summed E-state index contributed by atoms with van der Waals surface area (Å²) in [6.07, 6.45) is 63.8. The largest absolute Gasteiger partial charge is 0.472 e. The van der Waals surface area contributed by atoms with E-state index in [1.807, 2.05) is 0 Å². The van der Waals surface area contributed by atoms with Crippen LogP contribution in [-0.2, 0) is 65.4 Å². The van der Waals surface area contributed by atoms with Crippen LogP contribution < -0.4 is 0 Å². The summed E-state index contributed by atoms with van der Waals surface area (Å²) in [6, 6.07) is 0. The smallest absolute Gasteiger partial charge is 0.462 e. The third-order valence-electron chi connectivity index (χ3n) is 19.2. The summed E-state index contributed by atoms with van der Waals surface area (Å²) in [5.41, 5.74) is 0. The SMILES string of the molecule is CCCCCCCCCCCCCCCCCCCCCC(=O)O[C@H](COC(=O)CCCCCCCCCCCCCCCCCC(C)C)COP(=O)(O)OC[C@@H](O)COP(=O)(O)OC[C@@H](COC(=O)CCCCCCCCCCC(C)C)OC(=O)CCCCCCCCCCCCCCC. The second kappa shape index (κ2) is 73.6. The number of phosphoric acid groups is 2. The van der Waals surface area contributed by atoms with Gasteiger partial charge in [-0.2, -0.15) is 0 Å². The number of carbonyl (C=O) groups is 4. The van der Waals surface area contributed by atoms with Crippen molar-refractivity contribution in [3.8, 4) is 0 Å². The Morgan fingerprint density at radius 2 is 0.455 bits per heavy atom. The molecule has 0 bridgehead atoms. The number of esters is 4. The highest BCUT2D eigenvalue weighted by atomic mass is 31.2. The van der Waals surface area contributed by atoms with Gasteiger partial charge in [0.2, 0.25) is 0 Å². The van der Waals surface area contributed by atoms with Gasteiger partial charge in [0, 0.05) is 25.7 Å². The van der Waals surface area contributed by atoms with Gasteiger partial charge in [-0.05, 0) is 37.5 Å². The minimum Gasteiger partial charge on any atom is -0.462 e. The number of hydrogen-bond donors (Lipinski definition) is 3. The molecule has 0 heterocycles. The maximum atomic E-state index is 13.1. The molecule has 0 aliphatic rings. The van der Waals surface area contributed by atoms with Gasteiger partial charge >= 0.3 is 39.5 Å². The maximum Gasteiger partial charge on any atom is 0.472 e. The Balaban J connectivity index is 5.24. The summed E-state index contributed by atoms with van der Waals surface area (Å²) >= 11 is 0. The van der Waals surface area contributed by atoms with Crippen molar-refractivity contribution in [1.29, 1.82) is 0 Å². The van der Waals surface area contributed by atoms with E-state index in [0.717, 1.165) is 102 Å². The van der Waals surface area contributed by atoms with E-state index in [9.17, 15) is 43.2 Å². The summed E-state index contributed by atoms with van der Waals surface area (Å²) in [7, 11) is -9.92. The van der Waals surface area contributed by atoms with Gasteiger partial charge in [0.1, 0.15) is 19.3 Å². The van der Waals surface area contributed by atoms with Crippen LogP contribution in [0.1, 0.15) is 433 Å². The number of hydrogen-bond acceptors (Lipinski definition) is 15. The van der Waals surface area contributed by atoms with Gasteiger partial charge in [-0.25, -0.2) is 9.13 Å². The van der Waals surface area contributed by atoms with Crippen molar-refractivity contribution >= 4 is 39.5 Å². The molecule has 0 saturated heterocycles. The average Bonchev–Trinajstić information content (AvgIpc) is 0.987. The minimum absolute atomic E-state index is 0.107. The van der Waals surface area contributed by atoms with Crippen molar-refractivity contribution < 1.29 is 80.2 Å². The molecule has 0 rings (SSSR count). The second-order valence-electron chi connectivity index (χ2n) is 30.5. The van der Waals surface area contributed by atoms with Crippen molar-refractivity contribution in [3.05, 3.63) is 0 Å². The Labute approximate surface area is 619 Å². The normalized spacial score (nSPS) is 13.9. The van der Waals surface area contributed by atoms with Crippen molar-refractivity contribution in [2.75, 3.05) is 39.6 Å². The molecule has 0 aromatic rings. The van der Waals surface area contributed by atoms with Crippen LogP contribution in [-0.4, -0.2) is 96.7 Å². The number of unbranched alkanes of at least 4 members (excludes halogenated alkanes) is 51. The Hall–Kier alpha value is -1.94. The number of phosphoric ester groups is 2. The number of ether oxygens (including phenoxy) is 4. The van der Waals surface area contributed by atoms with Crippen molar-refractivity contribution in [2.24, 2.45) is 11.8 Å². The van der Waals surface area contributed by atoms with Crippen LogP contribution in [0, 0.1) is 11.8 Å². The van der Waals surface area contributed by atoms with Crippen LogP contribution in [0.2, 0.25) is 0 Å². The molecule has 0 spiro atoms. The fourth-order valence-electron chi connectivity index (χ4n) is 12.7. The molecule has 600 valence electrons. The van der Waals surface area contributed by atoms with Crippen molar-refractivity contribution in [2.45, 2.75) is 452 Å². The number of aliphatic hydroxyl groups is 1. The second-order valence-corrected chi connectivity index (χ2v) is 33.4. The minimum atomic E-state index is -4.96. The monoisotopic (exact) mass is 1480 g/mol. The van der Waals surface area contributed by atoms with Crippen LogP contribution in [0.5, 0.6) is 0 Å². The zero-order chi connectivity index (χ0) is 74.2.